The predicted octanol–water partition coefficient (Wildman–Crippen LogP) is 7.26. The smallest absolute Gasteiger partial charge is 0.136 e. The zero-order valence-corrected chi connectivity index (χ0v) is 23.3. The normalized spacial score (nSPS) is 53.8. The Morgan fingerprint density at radius 3 is 2.06 bits per heavy atom. The number of fused-ring (bicyclic) bond motifs is 7. The first-order valence-corrected chi connectivity index (χ1v) is 14.3. The maximum absolute atomic E-state index is 13.2. The van der Waals surface area contributed by atoms with E-state index in [0.717, 1.165) is 31.6 Å². The quantitative estimate of drug-likeness (QED) is 0.436. The van der Waals surface area contributed by atoms with Crippen molar-refractivity contribution in [3.8, 4) is 0 Å². The minimum atomic E-state index is -0.233. The number of Topliss-reactive ketones (excluding diaryl/α,β-unsaturated/α-hetero) is 2. The van der Waals surface area contributed by atoms with Crippen molar-refractivity contribution in [3.63, 3.8) is 0 Å². The number of hydrogen-bond acceptors (Lipinski definition) is 3. The van der Waals surface area contributed by atoms with Gasteiger partial charge in [-0.05, 0) is 123 Å². The van der Waals surface area contributed by atoms with Gasteiger partial charge in [0.1, 0.15) is 11.6 Å². The third-order valence-electron chi connectivity index (χ3n) is 13.9. The highest BCUT2D eigenvalue weighted by Crippen LogP contribution is 2.77. The van der Waals surface area contributed by atoms with Crippen molar-refractivity contribution in [2.45, 2.75) is 119 Å². The highest BCUT2D eigenvalue weighted by molar-refractivity contribution is 5.86. The van der Waals surface area contributed by atoms with E-state index in [1.807, 2.05) is 14.0 Å². The van der Waals surface area contributed by atoms with Crippen molar-refractivity contribution in [2.24, 2.45) is 56.7 Å². The third kappa shape index (κ3) is 2.86. The van der Waals surface area contributed by atoms with Crippen LogP contribution in [-0.4, -0.2) is 24.8 Å². The second-order valence-corrected chi connectivity index (χ2v) is 14.7. The Morgan fingerprint density at radius 2 is 1.44 bits per heavy atom. The molecule has 5 aliphatic carbocycles. The van der Waals surface area contributed by atoms with E-state index in [0.29, 0.717) is 34.9 Å². The van der Waals surface area contributed by atoms with Crippen LogP contribution in [0.5, 0.6) is 0 Å². The van der Waals surface area contributed by atoms with Crippen LogP contribution >= 0.6 is 0 Å². The minimum Gasteiger partial charge on any atom is -0.381 e. The second kappa shape index (κ2) is 7.65. The molecule has 34 heavy (non-hydrogen) atoms. The molecule has 3 heteroatoms. The molecule has 0 spiro atoms. The molecule has 0 amide bonds. The number of methoxy groups -OCH3 is 1. The SMILES string of the molecule is CO[C@H]1CC[C@@]2(C)C(CC[C@]3(C)C2CCC2C4C(C(C)=O)CC[C@]4(C(C)=O)CC[C@]23C)C1(C)C. The van der Waals surface area contributed by atoms with Gasteiger partial charge >= 0.3 is 0 Å². The largest absolute Gasteiger partial charge is 0.381 e. The van der Waals surface area contributed by atoms with Gasteiger partial charge in [-0.1, -0.05) is 34.6 Å². The minimum absolute atomic E-state index is 0.0941. The van der Waals surface area contributed by atoms with Crippen LogP contribution < -0.4 is 0 Å². The van der Waals surface area contributed by atoms with Gasteiger partial charge in [0.2, 0.25) is 0 Å². The van der Waals surface area contributed by atoms with Gasteiger partial charge in [0.15, 0.2) is 0 Å². The average molecular weight is 471 g/mol. The van der Waals surface area contributed by atoms with E-state index in [1.54, 1.807) is 6.92 Å². The number of ether oxygens (including phenoxy) is 1. The molecule has 0 aromatic heterocycles. The molecule has 0 N–H and O–H groups in total. The van der Waals surface area contributed by atoms with Gasteiger partial charge in [-0.3, -0.25) is 9.59 Å². The predicted molar refractivity (Wildman–Crippen MR) is 136 cm³/mol. The Balaban J connectivity index is 1.55. The van der Waals surface area contributed by atoms with Crippen molar-refractivity contribution in [1.29, 1.82) is 0 Å². The first kappa shape index (κ1) is 25.0. The lowest BCUT2D eigenvalue weighted by molar-refractivity contribution is -0.248. The Morgan fingerprint density at radius 1 is 0.735 bits per heavy atom. The summed E-state index contributed by atoms with van der Waals surface area (Å²) in [6, 6.07) is 0. The van der Waals surface area contributed by atoms with Crippen molar-refractivity contribution >= 4 is 11.6 Å². The molecule has 0 saturated heterocycles. The fourth-order valence-corrected chi connectivity index (χ4v) is 12.0. The van der Waals surface area contributed by atoms with Crippen LogP contribution in [-0.2, 0) is 14.3 Å². The number of carbonyl (C=O) groups is 2. The molecule has 5 aliphatic rings. The molecule has 0 aromatic carbocycles. The van der Waals surface area contributed by atoms with Crippen LogP contribution in [0, 0.1) is 56.7 Å². The summed E-state index contributed by atoms with van der Waals surface area (Å²) in [6.45, 7) is 16.4. The van der Waals surface area contributed by atoms with E-state index in [1.165, 1.54) is 38.5 Å². The van der Waals surface area contributed by atoms with Gasteiger partial charge in [0.25, 0.3) is 0 Å². The lowest BCUT2D eigenvalue weighted by Gasteiger charge is -2.73. The van der Waals surface area contributed by atoms with Crippen LogP contribution in [0.1, 0.15) is 113 Å². The van der Waals surface area contributed by atoms with E-state index in [-0.39, 0.29) is 33.5 Å². The zero-order valence-electron chi connectivity index (χ0n) is 23.3. The molecule has 192 valence electrons. The summed E-state index contributed by atoms with van der Waals surface area (Å²) in [4.78, 5) is 26.0. The number of rotatable bonds is 3. The first-order chi connectivity index (χ1) is 15.8. The summed E-state index contributed by atoms with van der Waals surface area (Å²) in [5.41, 5.74) is 0.827. The fraction of sp³-hybridized carbons (Fsp3) is 0.935. The second-order valence-electron chi connectivity index (χ2n) is 14.7. The first-order valence-electron chi connectivity index (χ1n) is 14.3. The highest BCUT2D eigenvalue weighted by atomic mass is 16.5. The highest BCUT2D eigenvalue weighted by Gasteiger charge is 2.71. The molecule has 5 fully saturated rings. The maximum Gasteiger partial charge on any atom is 0.136 e. The van der Waals surface area contributed by atoms with Crippen molar-refractivity contribution in [3.05, 3.63) is 0 Å². The molecule has 0 aromatic rings. The summed E-state index contributed by atoms with van der Waals surface area (Å²) in [5, 5.41) is 0. The molecule has 5 rings (SSSR count). The van der Waals surface area contributed by atoms with Crippen molar-refractivity contribution in [2.75, 3.05) is 7.11 Å². The molecule has 0 aliphatic heterocycles. The lowest BCUT2D eigenvalue weighted by Crippen LogP contribution is -2.67. The molecule has 5 unspecified atom stereocenters. The summed E-state index contributed by atoms with van der Waals surface area (Å²) in [5.74, 6) is 2.99. The van der Waals surface area contributed by atoms with Gasteiger partial charge < -0.3 is 4.74 Å². The Labute approximate surface area is 208 Å². The lowest BCUT2D eigenvalue weighted by atomic mass is 9.32. The number of hydrogen-bond donors (Lipinski definition) is 0. The molecular weight excluding hydrogens is 420 g/mol. The standard InChI is InChI=1S/C31H50O3/c1-19(32)21-11-16-31(20(2)33)18-17-29(6)22(26(21)31)9-10-24-28(5)14-13-25(34-8)27(3,4)23(28)12-15-30(24,29)7/h21-26H,9-18H2,1-8H3/t21?,22?,23?,24?,25-,26?,28-,29+,30+,31+/m0/s1. The Hall–Kier alpha value is -0.700. The average Bonchev–Trinajstić information content (AvgIpc) is 3.15. The van der Waals surface area contributed by atoms with Crippen LogP contribution in [0.15, 0.2) is 0 Å². The van der Waals surface area contributed by atoms with Crippen molar-refractivity contribution < 1.29 is 14.3 Å². The van der Waals surface area contributed by atoms with Crippen LogP contribution in [0.25, 0.3) is 0 Å². The molecule has 10 atom stereocenters. The number of ketones is 2. The summed E-state index contributed by atoms with van der Waals surface area (Å²) in [6.07, 6.45) is 11.9. The topological polar surface area (TPSA) is 43.4 Å². The molecule has 0 radical (unpaired) electrons. The molecule has 5 saturated carbocycles. The van der Waals surface area contributed by atoms with Crippen molar-refractivity contribution in [1.82, 2.24) is 0 Å². The van der Waals surface area contributed by atoms with Crippen LogP contribution in [0.3, 0.4) is 0 Å². The maximum atomic E-state index is 13.2. The molecule has 0 bridgehead atoms. The zero-order chi connectivity index (χ0) is 24.9. The van der Waals surface area contributed by atoms with Gasteiger partial charge in [-0.2, -0.15) is 0 Å². The van der Waals surface area contributed by atoms with E-state index in [4.69, 9.17) is 4.74 Å². The summed E-state index contributed by atoms with van der Waals surface area (Å²) in [7, 11) is 1.91. The molecule has 0 heterocycles. The van der Waals surface area contributed by atoms with E-state index >= 15 is 0 Å². The Bertz CT molecular complexity index is 876. The molecular formula is C31H50O3. The third-order valence-corrected chi connectivity index (χ3v) is 13.9. The van der Waals surface area contributed by atoms with E-state index < -0.39 is 0 Å². The molecule has 3 nitrogen and oxygen atoms in total. The van der Waals surface area contributed by atoms with Gasteiger partial charge in [-0.25, -0.2) is 0 Å². The summed E-state index contributed by atoms with van der Waals surface area (Å²) >= 11 is 0. The Kier molecular flexibility index (Phi) is 5.62. The van der Waals surface area contributed by atoms with Crippen LogP contribution in [0.2, 0.25) is 0 Å². The summed E-state index contributed by atoms with van der Waals surface area (Å²) < 4.78 is 6.02. The van der Waals surface area contributed by atoms with Gasteiger partial charge in [-0.15, -0.1) is 0 Å². The van der Waals surface area contributed by atoms with Gasteiger partial charge in [0, 0.05) is 18.4 Å². The monoisotopic (exact) mass is 470 g/mol. The van der Waals surface area contributed by atoms with Gasteiger partial charge in [0.05, 0.1) is 6.10 Å². The van der Waals surface area contributed by atoms with Crippen LogP contribution in [0.4, 0.5) is 0 Å². The fourth-order valence-electron chi connectivity index (χ4n) is 12.0. The number of carbonyl (C=O) groups excluding carboxylic acids is 2. The van der Waals surface area contributed by atoms with E-state index in [2.05, 4.69) is 34.6 Å². The van der Waals surface area contributed by atoms with E-state index in [9.17, 15) is 9.59 Å².